The molecular weight excluding hydrogens is 1320 g/mol. The fraction of sp³-hybridized carbons (Fsp3) is 0.0667. The zero-order chi connectivity index (χ0) is 32.9. The van der Waals surface area contributed by atoms with Crippen LogP contribution >= 0.6 is 106 Å². The second-order valence-electron chi connectivity index (χ2n) is 8.65. The Bertz CT molecular complexity index is 1730. The molecule has 5 rings (SSSR count). The van der Waals surface area contributed by atoms with E-state index in [-0.39, 0.29) is 33.4 Å². The number of benzene rings is 4. The largest absolute Gasteiger partial charge is 0.506 e. The number of rotatable bonds is 5. The summed E-state index contributed by atoms with van der Waals surface area (Å²) in [6, 6.07) is 31.5. The second-order valence-corrected chi connectivity index (χ2v) is 107. The van der Waals surface area contributed by atoms with Gasteiger partial charge in [-0.25, -0.2) is 0 Å². The van der Waals surface area contributed by atoms with Crippen molar-refractivity contribution in [2.24, 2.45) is 0 Å². The van der Waals surface area contributed by atoms with Crippen LogP contribution in [0.15, 0.2) is 97.1 Å². The van der Waals surface area contributed by atoms with Gasteiger partial charge in [0.15, 0.2) is 0 Å². The SMILES string of the molecule is II(I)I(I)I.N#Cc1cccc(C(Br)C(=O)Nc2ccccc2O)c1.N#Cc1cccc(C2Oc3ccccc3NC2=O)c1. The average molecular weight is 1340 g/mol. The number of halogens is 7. The van der Waals surface area contributed by atoms with E-state index in [4.69, 9.17) is 15.3 Å². The van der Waals surface area contributed by atoms with Gasteiger partial charge in [-0.05, 0) is 54.1 Å². The van der Waals surface area contributed by atoms with E-state index in [9.17, 15) is 14.7 Å². The van der Waals surface area contributed by atoms with Gasteiger partial charge >= 0.3 is 90.3 Å². The van der Waals surface area contributed by atoms with E-state index in [0.717, 1.165) is 0 Å². The Morgan fingerprint density at radius 1 is 0.889 bits per heavy atom. The maximum Gasteiger partial charge on any atom is 0.270 e. The minimum Gasteiger partial charge on any atom is -0.506 e. The summed E-state index contributed by atoms with van der Waals surface area (Å²) in [5.41, 5.74) is 3.36. The Morgan fingerprint density at radius 2 is 1.49 bits per heavy atom. The topological polar surface area (TPSA) is 135 Å². The van der Waals surface area contributed by atoms with Crippen molar-refractivity contribution in [2.45, 2.75) is 10.9 Å². The fourth-order valence-corrected chi connectivity index (χ4v) is 4.13. The van der Waals surface area contributed by atoms with Crippen molar-refractivity contribution in [3.05, 3.63) is 119 Å². The van der Waals surface area contributed by atoms with Crippen LogP contribution in [0.25, 0.3) is 0 Å². The minimum absolute atomic E-state index is 0.00586. The number of phenols is 1. The van der Waals surface area contributed by atoms with Gasteiger partial charge in [-0.15, -0.1) is 0 Å². The van der Waals surface area contributed by atoms with Crippen LogP contribution in [0, 0.1) is 22.7 Å². The van der Waals surface area contributed by atoms with E-state index in [1.807, 2.05) is 18.2 Å². The van der Waals surface area contributed by atoms with Gasteiger partial charge in [-0.1, -0.05) is 64.5 Å². The van der Waals surface area contributed by atoms with Crippen molar-refractivity contribution in [3.8, 4) is 23.6 Å². The molecule has 8 nitrogen and oxygen atoms in total. The number of alkyl halides is 1. The molecule has 4 aromatic rings. The Hall–Kier alpha value is -0.740. The van der Waals surface area contributed by atoms with Crippen LogP contribution in [-0.4, -0.2) is 16.9 Å². The third-order valence-corrected chi connectivity index (χ3v) is 172. The molecule has 1 aliphatic heterocycles. The third-order valence-electron chi connectivity index (χ3n) is 5.73. The van der Waals surface area contributed by atoms with Crippen molar-refractivity contribution in [1.29, 1.82) is 10.5 Å². The fourth-order valence-electron chi connectivity index (χ4n) is 3.73. The van der Waals surface area contributed by atoms with E-state index in [0.29, 0.717) is 39.4 Å². The number of hydrogen-bond acceptors (Lipinski definition) is 6. The van der Waals surface area contributed by atoms with Crippen LogP contribution in [0.2, 0.25) is 0 Å². The van der Waals surface area contributed by atoms with Gasteiger partial charge in [0.1, 0.15) is 16.3 Å². The normalized spacial score (nSPS) is 14.0. The number of hydrogen-bond donors (Lipinski definition) is 3. The van der Waals surface area contributed by atoms with Crippen LogP contribution in [0.5, 0.6) is 11.5 Å². The number of para-hydroxylation sites is 4. The molecule has 45 heavy (non-hydrogen) atoms. The number of amides is 2. The molecule has 3 N–H and O–H groups in total. The first-order chi connectivity index (χ1) is 21.5. The van der Waals surface area contributed by atoms with E-state index < -0.39 is 10.9 Å². The molecule has 2 amide bonds. The Kier molecular flexibility index (Phi) is 17.1. The number of aromatic hydroxyl groups is 1. The number of carbonyl (C=O) groups excluding carboxylic acids is 2. The average Bonchev–Trinajstić information content (AvgIpc) is 3.05. The number of phenolic OH excluding ortho intramolecular Hbond substituents is 1. The summed E-state index contributed by atoms with van der Waals surface area (Å²) in [6.07, 6.45) is -0.719. The summed E-state index contributed by atoms with van der Waals surface area (Å²) >= 11 is 13.8. The molecule has 0 aromatic heterocycles. The Morgan fingerprint density at radius 3 is 2.13 bits per heavy atom. The summed E-state index contributed by atoms with van der Waals surface area (Å²) in [4.78, 5) is 23.5. The first-order valence-corrected chi connectivity index (χ1v) is 44.7. The van der Waals surface area contributed by atoms with Gasteiger partial charge < -0.3 is 20.5 Å². The number of fused-ring (bicyclic) bond motifs is 1. The smallest absolute Gasteiger partial charge is 0.270 e. The van der Waals surface area contributed by atoms with Gasteiger partial charge in [0.2, 0.25) is 12.0 Å². The molecule has 15 heteroatoms. The minimum atomic E-state index is -0.719. The van der Waals surface area contributed by atoms with Crippen LogP contribution in [0.4, 0.5) is 11.4 Å². The molecular formula is C30H21BrI6N4O4. The molecule has 0 saturated heterocycles. The monoisotopic (exact) mass is 1340 g/mol. The van der Waals surface area contributed by atoms with E-state index >= 15 is 0 Å². The molecule has 0 radical (unpaired) electrons. The standard InChI is InChI=1S/C15H11BrN2O2.C15H10N2O2.I6/c16-14(11-5-3-4-10(8-11)9-17)15(20)18-12-6-1-2-7-13(12)19;16-9-10-4-3-5-11(8-10)14-15(18)17-12-6-1-2-7-13(12)19-14;1-5(2)6(3)4/h1-8,14,19H,(H,18,20);1-8,14H,(H,17,18);. The number of ether oxygens (including phenoxy) is 1. The quantitative estimate of drug-likeness (QED) is 0.103. The number of carbonyl (C=O) groups is 2. The Labute approximate surface area is 318 Å². The van der Waals surface area contributed by atoms with Gasteiger partial charge in [0, 0.05) is 5.56 Å². The molecule has 1 aliphatic rings. The van der Waals surface area contributed by atoms with E-state index in [1.165, 1.54) is 6.07 Å². The molecule has 0 bridgehead atoms. The van der Waals surface area contributed by atoms with Gasteiger partial charge in [-0.2, -0.15) is 10.5 Å². The number of nitriles is 2. The van der Waals surface area contributed by atoms with E-state index in [1.54, 1.807) is 78.9 Å². The van der Waals surface area contributed by atoms with Crippen molar-refractivity contribution >= 4 is 129 Å². The van der Waals surface area contributed by atoms with Gasteiger partial charge in [0.05, 0.1) is 34.6 Å². The van der Waals surface area contributed by atoms with Crippen molar-refractivity contribution in [3.63, 3.8) is 0 Å². The zero-order valence-corrected chi connectivity index (χ0v) is 37.1. The van der Waals surface area contributed by atoms with Crippen molar-refractivity contribution < 1.29 is 19.4 Å². The predicted molar refractivity (Wildman–Crippen MR) is 233 cm³/mol. The molecule has 234 valence electrons. The number of anilines is 2. The van der Waals surface area contributed by atoms with Crippen LogP contribution in [0.1, 0.15) is 33.2 Å². The molecule has 1 heterocycles. The molecule has 0 spiro atoms. The summed E-state index contributed by atoms with van der Waals surface area (Å²) in [7, 11) is -0.628. The predicted octanol–water partition coefficient (Wildman–Crippen LogP) is 11.3. The summed E-state index contributed by atoms with van der Waals surface area (Å²) in [5, 5.41) is 32.8. The maximum atomic E-state index is 12.1. The first kappa shape index (κ1) is 38.7. The van der Waals surface area contributed by atoms with Crippen LogP contribution in [0.3, 0.4) is 0 Å². The summed E-state index contributed by atoms with van der Waals surface area (Å²) < 4.78 is 5.71. The first-order valence-electron chi connectivity index (χ1n) is 12.4. The number of nitrogens with zero attached hydrogens (tertiary/aromatic N) is 2. The van der Waals surface area contributed by atoms with Crippen LogP contribution in [-0.2, 0) is 9.59 Å². The molecule has 4 aromatic carbocycles. The molecule has 2 unspecified atom stereocenters. The zero-order valence-electron chi connectivity index (χ0n) is 22.6. The number of nitrogens with one attached hydrogen (secondary N) is 2. The molecule has 0 fully saturated rings. The molecule has 0 saturated carbocycles. The summed E-state index contributed by atoms with van der Waals surface area (Å²) in [5.74, 6) is 0.0937. The van der Waals surface area contributed by atoms with Crippen molar-refractivity contribution in [1.82, 2.24) is 0 Å². The van der Waals surface area contributed by atoms with E-state index in [2.05, 4.69) is 107 Å². The molecule has 2 atom stereocenters. The van der Waals surface area contributed by atoms with Gasteiger partial charge in [-0.3, -0.25) is 9.59 Å². The van der Waals surface area contributed by atoms with Crippen molar-refractivity contribution in [2.75, 3.05) is 10.6 Å². The third kappa shape index (κ3) is 12.3. The van der Waals surface area contributed by atoms with Gasteiger partial charge in [0.25, 0.3) is 5.91 Å². The van der Waals surface area contributed by atoms with Crippen LogP contribution < -0.4 is 15.4 Å². The molecule has 0 aliphatic carbocycles. The summed E-state index contributed by atoms with van der Waals surface area (Å²) in [6.45, 7) is 0. The maximum absolute atomic E-state index is 12.1. The second kappa shape index (κ2) is 19.9. The Balaban J connectivity index is 0.000000209.